The van der Waals surface area contributed by atoms with Crippen molar-refractivity contribution in [2.45, 2.75) is 0 Å². The number of aromatic amines is 1. The Labute approximate surface area is 79.6 Å². The Kier molecular flexibility index (Phi) is 2.02. The number of nitrogens with zero attached hydrogens (tertiary/aromatic N) is 3. The summed E-state index contributed by atoms with van der Waals surface area (Å²) in [5, 5.41) is 6.93. The van der Waals surface area contributed by atoms with Crippen LogP contribution in [0.15, 0.2) is 29.6 Å². The lowest BCUT2D eigenvalue weighted by atomic mass is 10.5. The molecule has 0 radical (unpaired) electrons. The van der Waals surface area contributed by atoms with Gasteiger partial charge in [0.25, 0.3) is 5.56 Å². The molecule has 2 aromatic rings. The van der Waals surface area contributed by atoms with Crippen LogP contribution < -0.4 is 10.9 Å². The van der Waals surface area contributed by atoms with Gasteiger partial charge in [0.15, 0.2) is 0 Å². The third-order valence-electron chi connectivity index (χ3n) is 1.66. The molecule has 2 rings (SSSR count). The Morgan fingerprint density at radius 2 is 2.43 bits per heavy atom. The highest BCUT2D eigenvalue weighted by molar-refractivity contribution is 5.52. The van der Waals surface area contributed by atoms with Crippen molar-refractivity contribution >= 4 is 11.5 Å². The Morgan fingerprint density at radius 3 is 3.07 bits per heavy atom. The van der Waals surface area contributed by atoms with Crippen LogP contribution in [0.2, 0.25) is 0 Å². The van der Waals surface area contributed by atoms with Crippen LogP contribution in [-0.4, -0.2) is 19.7 Å². The summed E-state index contributed by atoms with van der Waals surface area (Å²) in [6.07, 6.45) is 4.80. The molecule has 2 N–H and O–H groups in total. The predicted octanol–water partition coefficient (Wildman–Crippen LogP) is 0.247. The molecular formula is C8H9N5O. The highest BCUT2D eigenvalue weighted by Crippen LogP contribution is 2.09. The lowest BCUT2D eigenvalue weighted by Crippen LogP contribution is -2.06. The highest BCUT2D eigenvalue weighted by Gasteiger charge is 1.97. The minimum atomic E-state index is -0.189. The first-order chi connectivity index (χ1) is 6.74. The van der Waals surface area contributed by atoms with E-state index in [2.05, 4.69) is 20.4 Å². The fraction of sp³-hybridized carbons (Fsp3) is 0.125. The molecule has 0 saturated carbocycles. The predicted molar refractivity (Wildman–Crippen MR) is 51.3 cm³/mol. The summed E-state index contributed by atoms with van der Waals surface area (Å²) in [7, 11) is 1.82. The van der Waals surface area contributed by atoms with Crippen molar-refractivity contribution in [3.63, 3.8) is 0 Å². The van der Waals surface area contributed by atoms with Gasteiger partial charge in [-0.15, -0.1) is 0 Å². The number of aromatic nitrogens is 4. The first-order valence-electron chi connectivity index (χ1n) is 4.04. The molecule has 14 heavy (non-hydrogen) atoms. The van der Waals surface area contributed by atoms with Gasteiger partial charge in [-0.25, -0.2) is 4.98 Å². The van der Waals surface area contributed by atoms with E-state index in [-0.39, 0.29) is 5.56 Å². The molecule has 0 amide bonds. The normalized spacial score (nSPS) is 10.1. The molecule has 0 atom stereocenters. The van der Waals surface area contributed by atoms with Crippen LogP contribution in [0.4, 0.5) is 11.5 Å². The Bertz CT molecular complexity index is 486. The number of nitrogens with one attached hydrogen (secondary N) is 2. The molecular weight excluding hydrogens is 182 g/mol. The number of hydrogen-bond donors (Lipinski definition) is 2. The van der Waals surface area contributed by atoms with Gasteiger partial charge in [0.05, 0.1) is 18.2 Å². The van der Waals surface area contributed by atoms with E-state index in [1.165, 1.54) is 12.4 Å². The zero-order valence-corrected chi connectivity index (χ0v) is 7.56. The van der Waals surface area contributed by atoms with Gasteiger partial charge in [-0.1, -0.05) is 0 Å². The van der Waals surface area contributed by atoms with Crippen molar-refractivity contribution in [1.29, 1.82) is 0 Å². The molecule has 0 aromatic carbocycles. The fourth-order valence-corrected chi connectivity index (χ4v) is 1.07. The molecule has 6 nitrogen and oxygen atoms in total. The van der Waals surface area contributed by atoms with Crippen LogP contribution in [0, 0.1) is 0 Å². The van der Waals surface area contributed by atoms with Crippen molar-refractivity contribution in [2.75, 3.05) is 5.32 Å². The van der Waals surface area contributed by atoms with Gasteiger partial charge in [-0.2, -0.15) is 5.10 Å². The van der Waals surface area contributed by atoms with E-state index in [0.29, 0.717) is 5.82 Å². The number of anilines is 2. The topological polar surface area (TPSA) is 75.6 Å². The molecule has 0 unspecified atom stereocenters. The van der Waals surface area contributed by atoms with Crippen molar-refractivity contribution in [2.24, 2.45) is 7.05 Å². The van der Waals surface area contributed by atoms with Crippen molar-refractivity contribution in [1.82, 2.24) is 19.7 Å². The molecule has 0 saturated heterocycles. The van der Waals surface area contributed by atoms with Gasteiger partial charge >= 0.3 is 0 Å². The minimum absolute atomic E-state index is 0.189. The lowest BCUT2D eigenvalue weighted by Gasteiger charge is -1.99. The van der Waals surface area contributed by atoms with E-state index < -0.39 is 0 Å². The summed E-state index contributed by atoms with van der Waals surface area (Å²) in [5.41, 5.74) is 0.608. The molecule has 0 spiro atoms. The molecule has 0 fully saturated rings. The van der Waals surface area contributed by atoms with Crippen molar-refractivity contribution < 1.29 is 0 Å². The fourth-order valence-electron chi connectivity index (χ4n) is 1.07. The highest BCUT2D eigenvalue weighted by atomic mass is 16.1. The van der Waals surface area contributed by atoms with Crippen LogP contribution in [0.25, 0.3) is 0 Å². The largest absolute Gasteiger partial charge is 0.337 e. The van der Waals surface area contributed by atoms with E-state index >= 15 is 0 Å². The lowest BCUT2D eigenvalue weighted by molar-refractivity contribution is 0.768. The number of H-pyrrole nitrogens is 1. The number of hydrogen-bond acceptors (Lipinski definition) is 4. The standard InChI is InChI=1S/C8H9N5O/c1-13-4-6(3-11-13)12-7-2-8(14)10-5-9-7/h2-5H,1H3,(H2,9,10,12,14). The summed E-state index contributed by atoms with van der Waals surface area (Å²) < 4.78 is 1.66. The maximum Gasteiger partial charge on any atom is 0.252 e. The van der Waals surface area contributed by atoms with Gasteiger partial charge in [0.1, 0.15) is 5.82 Å². The van der Waals surface area contributed by atoms with Gasteiger partial charge in [-0.3, -0.25) is 9.48 Å². The van der Waals surface area contributed by atoms with Crippen LogP contribution in [-0.2, 0) is 7.05 Å². The minimum Gasteiger partial charge on any atom is -0.337 e. The van der Waals surface area contributed by atoms with Gasteiger partial charge in [0, 0.05) is 19.3 Å². The monoisotopic (exact) mass is 191 g/mol. The molecule has 0 aliphatic carbocycles. The average Bonchev–Trinajstić information content (AvgIpc) is 2.51. The average molecular weight is 191 g/mol. The van der Waals surface area contributed by atoms with Crippen LogP contribution in [0.1, 0.15) is 0 Å². The smallest absolute Gasteiger partial charge is 0.252 e. The van der Waals surface area contributed by atoms with Gasteiger partial charge in [0.2, 0.25) is 0 Å². The summed E-state index contributed by atoms with van der Waals surface area (Å²) in [6.45, 7) is 0. The van der Waals surface area contributed by atoms with Crippen LogP contribution in [0.3, 0.4) is 0 Å². The molecule has 2 aromatic heterocycles. The molecule has 0 aliphatic heterocycles. The second-order valence-corrected chi connectivity index (χ2v) is 2.82. The Hall–Kier alpha value is -2.11. The molecule has 72 valence electrons. The van der Waals surface area contributed by atoms with Crippen LogP contribution in [0.5, 0.6) is 0 Å². The quantitative estimate of drug-likeness (QED) is 0.713. The summed E-state index contributed by atoms with van der Waals surface area (Å²) in [5.74, 6) is 0.502. The van der Waals surface area contributed by atoms with E-state index in [0.717, 1.165) is 5.69 Å². The van der Waals surface area contributed by atoms with Gasteiger partial charge in [-0.05, 0) is 0 Å². The van der Waals surface area contributed by atoms with Crippen molar-refractivity contribution in [3.05, 3.63) is 35.1 Å². The molecule has 2 heterocycles. The maximum atomic E-state index is 10.9. The van der Waals surface area contributed by atoms with E-state index in [1.807, 2.05) is 7.05 Å². The molecule has 0 bridgehead atoms. The maximum absolute atomic E-state index is 10.9. The second kappa shape index (κ2) is 3.33. The first kappa shape index (κ1) is 8.49. The van der Waals surface area contributed by atoms with E-state index in [9.17, 15) is 4.79 Å². The zero-order chi connectivity index (χ0) is 9.97. The summed E-state index contributed by atoms with van der Waals surface area (Å²) in [4.78, 5) is 17.3. The van der Waals surface area contributed by atoms with Gasteiger partial charge < -0.3 is 10.3 Å². The number of rotatable bonds is 2. The summed E-state index contributed by atoms with van der Waals surface area (Å²) >= 11 is 0. The summed E-state index contributed by atoms with van der Waals surface area (Å²) in [6, 6.07) is 1.38. The van der Waals surface area contributed by atoms with E-state index in [1.54, 1.807) is 17.1 Å². The number of aryl methyl sites for hydroxylation is 1. The SMILES string of the molecule is Cn1cc(Nc2cc(=O)[nH]cn2)cn1. The van der Waals surface area contributed by atoms with E-state index in [4.69, 9.17) is 0 Å². The van der Waals surface area contributed by atoms with Crippen LogP contribution >= 0.6 is 0 Å². The third kappa shape index (κ3) is 1.79. The molecule has 6 heteroatoms. The second-order valence-electron chi connectivity index (χ2n) is 2.82. The third-order valence-corrected chi connectivity index (χ3v) is 1.66. The zero-order valence-electron chi connectivity index (χ0n) is 7.56. The van der Waals surface area contributed by atoms with Crippen molar-refractivity contribution in [3.8, 4) is 0 Å². The Morgan fingerprint density at radius 1 is 1.57 bits per heavy atom. The first-order valence-corrected chi connectivity index (χ1v) is 4.04. The Balaban J connectivity index is 2.23. The molecule has 0 aliphatic rings.